The Labute approximate surface area is 151 Å². The van der Waals surface area contributed by atoms with Gasteiger partial charge < -0.3 is 9.64 Å². The number of methoxy groups -OCH3 is 1. The molecule has 0 aliphatic carbocycles. The maximum absolute atomic E-state index is 13.1. The predicted molar refractivity (Wildman–Crippen MR) is 104 cm³/mol. The van der Waals surface area contributed by atoms with Crippen LogP contribution in [0.4, 0.5) is 0 Å². The molecule has 0 unspecified atom stereocenters. The summed E-state index contributed by atoms with van der Waals surface area (Å²) in [6.07, 6.45) is 0.920. The molecule has 2 heterocycles. The zero-order valence-corrected chi connectivity index (χ0v) is 15.9. The first kappa shape index (κ1) is 17.6. The zero-order chi connectivity index (χ0) is 18.0. The SMILES string of the molecule is COc1ccc(-c2csc3nc(C)n(CCCN(C)C)c(=O)c23)cc1. The molecule has 0 N–H and O–H groups in total. The fourth-order valence-corrected chi connectivity index (χ4v) is 3.90. The number of ether oxygens (including phenoxy) is 1. The number of hydrogen-bond acceptors (Lipinski definition) is 5. The Hall–Kier alpha value is -2.18. The fourth-order valence-electron chi connectivity index (χ4n) is 2.92. The van der Waals surface area contributed by atoms with Gasteiger partial charge in [0, 0.05) is 17.5 Å². The molecule has 0 amide bonds. The molecule has 3 aromatic rings. The van der Waals surface area contributed by atoms with Gasteiger partial charge in [0.1, 0.15) is 16.4 Å². The molecule has 0 aliphatic heterocycles. The first-order valence-corrected chi connectivity index (χ1v) is 9.17. The molecule has 0 saturated heterocycles. The molecule has 3 rings (SSSR count). The first-order chi connectivity index (χ1) is 12.0. The van der Waals surface area contributed by atoms with Crippen LogP contribution in [-0.2, 0) is 6.54 Å². The number of benzene rings is 1. The van der Waals surface area contributed by atoms with Crippen molar-refractivity contribution >= 4 is 21.6 Å². The van der Waals surface area contributed by atoms with Crippen LogP contribution in [0.25, 0.3) is 21.3 Å². The molecule has 6 heteroatoms. The highest BCUT2D eigenvalue weighted by Crippen LogP contribution is 2.31. The smallest absolute Gasteiger partial charge is 0.262 e. The molecule has 132 valence electrons. The molecule has 0 atom stereocenters. The third-order valence-corrected chi connectivity index (χ3v) is 5.14. The van der Waals surface area contributed by atoms with E-state index in [1.165, 1.54) is 11.3 Å². The molecular formula is C19H23N3O2S. The van der Waals surface area contributed by atoms with Crippen molar-refractivity contribution in [2.75, 3.05) is 27.7 Å². The molecule has 0 aliphatic rings. The maximum Gasteiger partial charge on any atom is 0.262 e. The van der Waals surface area contributed by atoms with Gasteiger partial charge in [-0.15, -0.1) is 11.3 Å². The number of aryl methyl sites for hydroxylation is 1. The third-order valence-electron chi connectivity index (χ3n) is 4.27. The monoisotopic (exact) mass is 357 g/mol. The second kappa shape index (κ2) is 7.37. The van der Waals surface area contributed by atoms with Crippen LogP contribution >= 0.6 is 11.3 Å². The summed E-state index contributed by atoms with van der Waals surface area (Å²) in [4.78, 5) is 20.7. The average Bonchev–Trinajstić information content (AvgIpc) is 3.01. The number of aromatic nitrogens is 2. The highest BCUT2D eigenvalue weighted by atomic mass is 32.1. The normalized spacial score (nSPS) is 11.4. The van der Waals surface area contributed by atoms with E-state index in [4.69, 9.17) is 4.74 Å². The molecule has 1 aromatic carbocycles. The van der Waals surface area contributed by atoms with Gasteiger partial charge >= 0.3 is 0 Å². The minimum atomic E-state index is 0.0494. The molecule has 0 fully saturated rings. The van der Waals surface area contributed by atoms with Crippen LogP contribution in [0.2, 0.25) is 0 Å². The summed E-state index contributed by atoms with van der Waals surface area (Å²) in [5, 5.41) is 2.73. The molecular weight excluding hydrogens is 334 g/mol. The molecule has 2 aromatic heterocycles. The van der Waals surface area contributed by atoms with Crippen molar-refractivity contribution < 1.29 is 4.74 Å². The molecule has 0 saturated carbocycles. The number of fused-ring (bicyclic) bond motifs is 1. The molecule has 0 spiro atoms. The number of rotatable bonds is 6. The van der Waals surface area contributed by atoms with Gasteiger partial charge in [-0.3, -0.25) is 9.36 Å². The van der Waals surface area contributed by atoms with Crippen LogP contribution in [0.5, 0.6) is 5.75 Å². The van der Waals surface area contributed by atoms with Crippen LogP contribution in [0.15, 0.2) is 34.4 Å². The lowest BCUT2D eigenvalue weighted by Crippen LogP contribution is -2.25. The van der Waals surface area contributed by atoms with Crippen LogP contribution in [0.3, 0.4) is 0 Å². The van der Waals surface area contributed by atoms with E-state index < -0.39 is 0 Å². The van der Waals surface area contributed by atoms with Gasteiger partial charge in [0.2, 0.25) is 0 Å². The fraction of sp³-hybridized carbons (Fsp3) is 0.368. The van der Waals surface area contributed by atoms with Gasteiger partial charge in [-0.05, 0) is 51.7 Å². The summed E-state index contributed by atoms with van der Waals surface area (Å²) in [7, 11) is 5.73. The van der Waals surface area contributed by atoms with Gasteiger partial charge in [0.05, 0.1) is 12.5 Å². The zero-order valence-electron chi connectivity index (χ0n) is 15.1. The molecule has 25 heavy (non-hydrogen) atoms. The molecule has 5 nitrogen and oxygen atoms in total. The van der Waals surface area contributed by atoms with Gasteiger partial charge in [-0.2, -0.15) is 0 Å². The summed E-state index contributed by atoms with van der Waals surface area (Å²) in [5.74, 6) is 1.58. The highest BCUT2D eigenvalue weighted by Gasteiger charge is 2.15. The van der Waals surface area contributed by atoms with Gasteiger partial charge in [-0.1, -0.05) is 12.1 Å². The lowest BCUT2D eigenvalue weighted by molar-refractivity contribution is 0.383. The number of thiophene rings is 1. The molecule has 0 bridgehead atoms. The maximum atomic E-state index is 13.1. The van der Waals surface area contributed by atoms with Crippen LogP contribution < -0.4 is 10.3 Å². The van der Waals surface area contributed by atoms with E-state index in [0.717, 1.165) is 40.5 Å². The Morgan fingerprint density at radius 3 is 2.60 bits per heavy atom. The van der Waals surface area contributed by atoms with Crippen LogP contribution in [0.1, 0.15) is 12.2 Å². The second-order valence-corrected chi connectivity index (χ2v) is 7.19. The average molecular weight is 357 g/mol. The Bertz CT molecular complexity index is 926. The minimum Gasteiger partial charge on any atom is -0.497 e. The molecule has 0 radical (unpaired) electrons. The Morgan fingerprint density at radius 1 is 1.24 bits per heavy atom. The van der Waals surface area contributed by atoms with Crippen LogP contribution in [0, 0.1) is 6.92 Å². The first-order valence-electron chi connectivity index (χ1n) is 8.29. The second-order valence-electron chi connectivity index (χ2n) is 6.33. The topological polar surface area (TPSA) is 47.4 Å². The largest absolute Gasteiger partial charge is 0.497 e. The lowest BCUT2D eigenvalue weighted by Gasteiger charge is -2.12. The highest BCUT2D eigenvalue weighted by molar-refractivity contribution is 7.17. The Balaban J connectivity index is 2.04. The van der Waals surface area contributed by atoms with E-state index in [9.17, 15) is 4.79 Å². The van der Waals surface area contributed by atoms with Crippen molar-refractivity contribution in [2.45, 2.75) is 19.9 Å². The summed E-state index contributed by atoms with van der Waals surface area (Å²) >= 11 is 1.52. The summed E-state index contributed by atoms with van der Waals surface area (Å²) in [6, 6.07) is 7.79. The van der Waals surface area contributed by atoms with Gasteiger partial charge in [0.15, 0.2) is 0 Å². The number of hydrogen-bond donors (Lipinski definition) is 0. The number of nitrogens with zero attached hydrogens (tertiary/aromatic N) is 3. The van der Waals surface area contributed by atoms with Crippen molar-refractivity contribution in [2.24, 2.45) is 0 Å². The van der Waals surface area contributed by atoms with Gasteiger partial charge in [0.25, 0.3) is 5.56 Å². The van der Waals surface area contributed by atoms with Crippen molar-refractivity contribution in [3.05, 3.63) is 45.8 Å². The van der Waals surface area contributed by atoms with Crippen molar-refractivity contribution in [1.29, 1.82) is 0 Å². The Kier molecular flexibility index (Phi) is 5.20. The quantitative estimate of drug-likeness (QED) is 0.678. The van der Waals surface area contributed by atoms with E-state index in [-0.39, 0.29) is 5.56 Å². The van der Waals surface area contributed by atoms with Crippen molar-refractivity contribution in [3.63, 3.8) is 0 Å². The van der Waals surface area contributed by atoms with E-state index in [2.05, 4.69) is 9.88 Å². The predicted octanol–water partition coefficient (Wildman–Crippen LogP) is 3.39. The van der Waals surface area contributed by atoms with E-state index >= 15 is 0 Å². The van der Waals surface area contributed by atoms with E-state index in [0.29, 0.717) is 11.9 Å². The minimum absolute atomic E-state index is 0.0494. The summed E-state index contributed by atoms with van der Waals surface area (Å²) < 4.78 is 7.01. The van der Waals surface area contributed by atoms with Gasteiger partial charge in [-0.25, -0.2) is 4.98 Å². The third kappa shape index (κ3) is 3.60. The summed E-state index contributed by atoms with van der Waals surface area (Å²) in [5.41, 5.74) is 2.00. The standard InChI is InChI=1S/C19H23N3O2S/c1-13-20-18-17(19(23)22(13)11-5-10-21(2)3)16(12-25-18)14-6-8-15(24-4)9-7-14/h6-9,12H,5,10-11H2,1-4H3. The van der Waals surface area contributed by atoms with E-state index in [1.54, 1.807) is 11.7 Å². The lowest BCUT2D eigenvalue weighted by atomic mass is 10.1. The van der Waals surface area contributed by atoms with E-state index in [1.807, 2.05) is 50.7 Å². The Morgan fingerprint density at radius 2 is 1.96 bits per heavy atom. The van der Waals surface area contributed by atoms with Crippen molar-refractivity contribution in [3.8, 4) is 16.9 Å². The summed E-state index contributed by atoms with van der Waals surface area (Å²) in [6.45, 7) is 3.53. The van der Waals surface area contributed by atoms with Crippen LogP contribution in [-0.4, -0.2) is 42.2 Å². The van der Waals surface area contributed by atoms with Crippen molar-refractivity contribution in [1.82, 2.24) is 14.5 Å².